The van der Waals surface area contributed by atoms with E-state index in [1.165, 1.54) is 32.9 Å². The average molecular weight is 570 g/mol. The molecule has 0 aliphatic heterocycles. The summed E-state index contributed by atoms with van der Waals surface area (Å²) < 4.78 is 11.4. The quantitative estimate of drug-likeness (QED) is 0.198. The lowest BCUT2D eigenvalue weighted by Gasteiger charge is -2.24. The standard InChI is InChI=1S/C25H32N6O3S.C3H7NO/c1-25(2,3)34-24(32)31(4)9-10-33-19-12-17(27)15(13-26)11-18(19)30-22-21-16-7-5-6-8-20(16)35-23(21)29-14-28-22;1-4(2)3-5/h11-14,26H,5-10,27H2,1-4H3,(H,28,29,30);3H,1-2H3. The van der Waals surface area contributed by atoms with Crippen LogP contribution in [0.25, 0.3) is 10.2 Å². The van der Waals surface area contributed by atoms with Crippen LogP contribution in [0.5, 0.6) is 5.75 Å². The number of anilines is 3. The molecule has 2 aromatic heterocycles. The fourth-order valence-corrected chi connectivity index (χ4v) is 5.22. The number of aryl methyl sites for hydroxylation is 2. The second-order valence-corrected chi connectivity index (χ2v) is 11.8. The molecule has 4 rings (SSSR count). The van der Waals surface area contributed by atoms with Crippen LogP contribution in [-0.4, -0.2) is 78.4 Å². The van der Waals surface area contributed by atoms with Gasteiger partial charge in [0.25, 0.3) is 0 Å². The highest BCUT2D eigenvalue weighted by molar-refractivity contribution is 7.19. The Balaban J connectivity index is 0.000000810. The van der Waals surface area contributed by atoms with Crippen molar-refractivity contribution in [2.45, 2.75) is 52.1 Å². The average Bonchev–Trinajstić information content (AvgIpc) is 3.29. The van der Waals surface area contributed by atoms with Crippen LogP contribution in [0.3, 0.4) is 0 Å². The number of fused-ring (bicyclic) bond motifs is 3. The SMILES string of the molecule is CN(C)C=O.CN(CCOc1cc(N)c(C=N)cc1Nc1ncnc2sc3c(c12)CCCC3)C(=O)OC(C)(C)C. The lowest BCUT2D eigenvalue weighted by molar-refractivity contribution is -0.115. The zero-order chi connectivity index (χ0) is 29.4. The van der Waals surface area contributed by atoms with Crippen LogP contribution in [0.2, 0.25) is 0 Å². The molecular weight excluding hydrogens is 530 g/mol. The molecule has 1 aliphatic carbocycles. The Morgan fingerprint density at radius 1 is 1.20 bits per heavy atom. The molecule has 0 radical (unpaired) electrons. The predicted molar refractivity (Wildman–Crippen MR) is 160 cm³/mol. The van der Waals surface area contributed by atoms with Crippen LogP contribution < -0.4 is 15.8 Å². The van der Waals surface area contributed by atoms with Crippen molar-refractivity contribution in [3.63, 3.8) is 0 Å². The van der Waals surface area contributed by atoms with E-state index in [1.807, 2.05) is 20.8 Å². The minimum Gasteiger partial charge on any atom is -0.489 e. The molecular formula is C28H39N7O4S. The molecule has 12 heteroatoms. The second-order valence-electron chi connectivity index (χ2n) is 10.7. The van der Waals surface area contributed by atoms with E-state index in [9.17, 15) is 9.59 Å². The van der Waals surface area contributed by atoms with Gasteiger partial charge in [-0.25, -0.2) is 14.8 Å². The summed E-state index contributed by atoms with van der Waals surface area (Å²) in [6.45, 7) is 6.05. The molecule has 2 heterocycles. The van der Waals surface area contributed by atoms with Gasteiger partial charge >= 0.3 is 6.09 Å². The number of carbonyl (C=O) groups excluding carboxylic acids is 2. The molecule has 0 atom stereocenters. The molecule has 3 aromatic rings. The van der Waals surface area contributed by atoms with Crippen LogP contribution >= 0.6 is 11.3 Å². The van der Waals surface area contributed by atoms with Crippen molar-refractivity contribution in [1.82, 2.24) is 19.8 Å². The Kier molecular flexibility index (Phi) is 10.3. The fraction of sp³-hybridized carbons (Fsp3) is 0.464. The molecule has 0 saturated heterocycles. The number of hydrogen-bond acceptors (Lipinski definition) is 10. The number of likely N-dealkylation sites (N-methyl/N-ethyl adjacent to an activating group) is 1. The molecule has 0 fully saturated rings. The summed E-state index contributed by atoms with van der Waals surface area (Å²) in [4.78, 5) is 36.0. The van der Waals surface area contributed by atoms with Gasteiger partial charge in [-0.1, -0.05) is 0 Å². The van der Waals surface area contributed by atoms with Gasteiger partial charge in [-0.2, -0.15) is 0 Å². The smallest absolute Gasteiger partial charge is 0.410 e. The zero-order valence-corrected chi connectivity index (χ0v) is 24.9. The van der Waals surface area contributed by atoms with Gasteiger partial charge in [0.15, 0.2) is 0 Å². The molecule has 216 valence electrons. The largest absolute Gasteiger partial charge is 0.489 e. The van der Waals surface area contributed by atoms with Crippen molar-refractivity contribution < 1.29 is 19.1 Å². The first-order valence-corrected chi connectivity index (χ1v) is 13.9. The highest BCUT2D eigenvalue weighted by Gasteiger charge is 2.22. The van der Waals surface area contributed by atoms with E-state index in [0.29, 0.717) is 35.1 Å². The van der Waals surface area contributed by atoms with Crippen molar-refractivity contribution in [3.05, 3.63) is 34.5 Å². The Morgan fingerprint density at radius 2 is 1.90 bits per heavy atom. The number of nitrogen functional groups attached to an aromatic ring is 1. The summed E-state index contributed by atoms with van der Waals surface area (Å²) in [5.41, 5.74) is 8.55. The lowest BCUT2D eigenvalue weighted by Crippen LogP contribution is -2.36. The fourth-order valence-electron chi connectivity index (χ4n) is 3.99. The first kappa shape index (κ1) is 30.6. The molecule has 0 spiro atoms. The van der Waals surface area contributed by atoms with Gasteiger partial charge in [-0.15, -0.1) is 11.3 Å². The van der Waals surface area contributed by atoms with E-state index in [4.69, 9.17) is 20.6 Å². The highest BCUT2D eigenvalue weighted by Crippen LogP contribution is 2.40. The maximum atomic E-state index is 12.2. The van der Waals surface area contributed by atoms with Gasteiger partial charge in [-0.3, -0.25) is 4.79 Å². The van der Waals surface area contributed by atoms with Gasteiger partial charge in [0.2, 0.25) is 6.41 Å². The van der Waals surface area contributed by atoms with Crippen LogP contribution in [0, 0.1) is 5.41 Å². The summed E-state index contributed by atoms with van der Waals surface area (Å²) in [6.07, 6.45) is 7.57. The number of thiophene rings is 1. The molecule has 2 amide bonds. The van der Waals surface area contributed by atoms with Crippen molar-refractivity contribution in [2.24, 2.45) is 0 Å². The molecule has 0 bridgehead atoms. The topological polar surface area (TPSA) is 147 Å². The number of hydrogen-bond donors (Lipinski definition) is 3. The van der Waals surface area contributed by atoms with E-state index >= 15 is 0 Å². The number of ether oxygens (including phenoxy) is 2. The molecule has 0 unspecified atom stereocenters. The van der Waals surface area contributed by atoms with E-state index in [1.54, 1.807) is 50.9 Å². The second kappa shape index (κ2) is 13.4. The predicted octanol–water partition coefficient (Wildman–Crippen LogP) is 4.84. The molecule has 11 nitrogen and oxygen atoms in total. The van der Waals surface area contributed by atoms with Gasteiger partial charge in [0.05, 0.1) is 17.6 Å². The molecule has 40 heavy (non-hydrogen) atoms. The third kappa shape index (κ3) is 8.04. The van der Waals surface area contributed by atoms with E-state index in [-0.39, 0.29) is 6.61 Å². The maximum absolute atomic E-state index is 12.2. The number of nitrogens with one attached hydrogen (secondary N) is 2. The molecule has 0 saturated carbocycles. The van der Waals surface area contributed by atoms with Crippen molar-refractivity contribution in [2.75, 3.05) is 45.3 Å². The highest BCUT2D eigenvalue weighted by atomic mass is 32.1. The monoisotopic (exact) mass is 569 g/mol. The summed E-state index contributed by atoms with van der Waals surface area (Å²) >= 11 is 1.73. The van der Waals surface area contributed by atoms with E-state index in [2.05, 4.69) is 15.3 Å². The van der Waals surface area contributed by atoms with E-state index in [0.717, 1.165) is 35.9 Å². The Labute approximate surface area is 239 Å². The number of nitrogens with zero attached hydrogens (tertiary/aromatic N) is 4. The number of aromatic nitrogens is 2. The van der Waals surface area contributed by atoms with Gasteiger partial charge in [0.1, 0.15) is 34.9 Å². The number of amides is 2. The van der Waals surface area contributed by atoms with Crippen molar-refractivity contribution >= 4 is 57.5 Å². The minimum absolute atomic E-state index is 0.237. The number of nitrogens with two attached hydrogens (primary N) is 1. The third-order valence-corrected chi connectivity index (χ3v) is 7.15. The molecule has 1 aliphatic rings. The number of carbonyl (C=O) groups is 2. The first-order valence-electron chi connectivity index (χ1n) is 13.1. The van der Waals surface area contributed by atoms with Crippen molar-refractivity contribution in [3.8, 4) is 5.75 Å². The third-order valence-electron chi connectivity index (χ3n) is 5.95. The number of rotatable bonds is 8. The molecule has 1 aromatic carbocycles. The van der Waals surface area contributed by atoms with Crippen LogP contribution in [0.1, 0.15) is 49.6 Å². The Bertz CT molecular complexity index is 1350. The minimum atomic E-state index is -0.565. The van der Waals surface area contributed by atoms with Crippen LogP contribution in [-0.2, 0) is 22.4 Å². The van der Waals surface area contributed by atoms with E-state index < -0.39 is 11.7 Å². The van der Waals surface area contributed by atoms with Crippen LogP contribution in [0.15, 0.2) is 18.5 Å². The van der Waals surface area contributed by atoms with Gasteiger partial charge < -0.3 is 35.7 Å². The summed E-state index contributed by atoms with van der Waals surface area (Å²) in [5, 5.41) is 12.2. The zero-order valence-electron chi connectivity index (χ0n) is 24.0. The van der Waals surface area contributed by atoms with Gasteiger partial charge in [0, 0.05) is 49.6 Å². The summed E-state index contributed by atoms with van der Waals surface area (Å²) in [6, 6.07) is 3.47. The van der Waals surface area contributed by atoms with Gasteiger partial charge in [-0.05, 0) is 58.1 Å². The lowest BCUT2D eigenvalue weighted by atomic mass is 9.97. The molecule has 4 N–H and O–H groups in total. The summed E-state index contributed by atoms with van der Waals surface area (Å²) in [5.74, 6) is 1.23. The van der Waals surface area contributed by atoms with Crippen molar-refractivity contribution in [1.29, 1.82) is 5.41 Å². The first-order chi connectivity index (χ1) is 18.9. The number of benzene rings is 1. The summed E-state index contributed by atoms with van der Waals surface area (Å²) in [7, 11) is 5.04. The maximum Gasteiger partial charge on any atom is 0.410 e. The van der Waals surface area contributed by atoms with Crippen LogP contribution in [0.4, 0.5) is 22.0 Å². The normalized spacial score (nSPS) is 12.4. The Hall–Kier alpha value is -3.93. The Morgan fingerprint density at radius 3 is 2.55 bits per heavy atom.